The summed E-state index contributed by atoms with van der Waals surface area (Å²) in [7, 11) is 0. The maximum Gasteiger partial charge on any atom is 0.128 e. The molecular formula is C12H12FNOS. The Morgan fingerprint density at radius 3 is 2.94 bits per heavy atom. The molecule has 84 valence electrons. The maximum atomic E-state index is 13.2. The average molecular weight is 237 g/mol. The molecule has 0 amide bonds. The van der Waals surface area contributed by atoms with Crippen LogP contribution in [0.4, 0.5) is 10.1 Å². The SMILES string of the molecule is Cc1cc(SCc2ccco2)c(N)cc1F. The van der Waals surface area contributed by atoms with E-state index in [9.17, 15) is 4.39 Å². The number of nitrogens with two attached hydrogens (primary N) is 1. The molecule has 0 bridgehead atoms. The second-order valence-corrected chi connectivity index (χ2v) is 4.52. The van der Waals surface area contributed by atoms with Crippen LogP contribution in [-0.2, 0) is 5.75 Å². The molecule has 1 aromatic carbocycles. The molecule has 2 N–H and O–H groups in total. The lowest BCUT2D eigenvalue weighted by Crippen LogP contribution is -1.93. The van der Waals surface area contributed by atoms with Crippen molar-refractivity contribution in [3.05, 3.63) is 47.7 Å². The fourth-order valence-corrected chi connectivity index (χ4v) is 2.29. The summed E-state index contributed by atoms with van der Waals surface area (Å²) in [5.74, 6) is 1.31. The summed E-state index contributed by atoms with van der Waals surface area (Å²) < 4.78 is 18.4. The summed E-state index contributed by atoms with van der Waals surface area (Å²) in [5.41, 5.74) is 6.82. The number of furan rings is 1. The number of nitrogen functional groups attached to an aromatic ring is 1. The standard InChI is InChI=1S/C12H12FNOS/c1-8-5-12(11(14)6-10(8)13)16-7-9-3-2-4-15-9/h2-6H,7,14H2,1H3. The summed E-state index contributed by atoms with van der Waals surface area (Å²) >= 11 is 1.54. The van der Waals surface area contributed by atoms with E-state index in [2.05, 4.69) is 0 Å². The molecule has 0 saturated heterocycles. The van der Waals surface area contributed by atoms with Gasteiger partial charge in [-0.1, -0.05) is 0 Å². The first-order valence-corrected chi connectivity index (χ1v) is 5.86. The molecule has 0 spiro atoms. The predicted octanol–water partition coefficient (Wildman–Crippen LogP) is 3.60. The Morgan fingerprint density at radius 2 is 2.25 bits per heavy atom. The number of thioether (sulfide) groups is 1. The second-order valence-electron chi connectivity index (χ2n) is 3.51. The van der Waals surface area contributed by atoms with Crippen molar-refractivity contribution in [1.82, 2.24) is 0 Å². The van der Waals surface area contributed by atoms with Gasteiger partial charge in [-0.25, -0.2) is 4.39 Å². The van der Waals surface area contributed by atoms with Crippen LogP contribution in [0, 0.1) is 12.7 Å². The van der Waals surface area contributed by atoms with Crippen molar-refractivity contribution < 1.29 is 8.81 Å². The zero-order valence-electron chi connectivity index (χ0n) is 8.87. The number of hydrogen-bond acceptors (Lipinski definition) is 3. The van der Waals surface area contributed by atoms with Crippen LogP contribution < -0.4 is 5.73 Å². The van der Waals surface area contributed by atoms with Gasteiger partial charge in [0, 0.05) is 10.6 Å². The molecule has 1 heterocycles. The quantitative estimate of drug-likeness (QED) is 0.654. The van der Waals surface area contributed by atoms with Crippen LogP contribution in [0.1, 0.15) is 11.3 Å². The number of anilines is 1. The van der Waals surface area contributed by atoms with Crippen molar-refractivity contribution in [2.24, 2.45) is 0 Å². The Morgan fingerprint density at radius 1 is 1.44 bits per heavy atom. The first kappa shape index (κ1) is 11.1. The lowest BCUT2D eigenvalue weighted by atomic mass is 10.2. The van der Waals surface area contributed by atoms with Crippen molar-refractivity contribution in [3.63, 3.8) is 0 Å². The van der Waals surface area contributed by atoms with Gasteiger partial charge >= 0.3 is 0 Å². The van der Waals surface area contributed by atoms with Gasteiger partial charge in [0.1, 0.15) is 11.6 Å². The molecule has 0 atom stereocenters. The van der Waals surface area contributed by atoms with Crippen LogP contribution in [0.15, 0.2) is 39.8 Å². The van der Waals surface area contributed by atoms with E-state index in [4.69, 9.17) is 10.2 Å². The van der Waals surface area contributed by atoms with E-state index < -0.39 is 0 Å². The van der Waals surface area contributed by atoms with Crippen molar-refractivity contribution in [2.75, 3.05) is 5.73 Å². The Labute approximate surface area is 97.6 Å². The Balaban J connectivity index is 2.12. The first-order valence-electron chi connectivity index (χ1n) is 4.87. The molecular weight excluding hydrogens is 225 g/mol. The highest BCUT2D eigenvalue weighted by Gasteiger charge is 2.06. The van der Waals surface area contributed by atoms with Crippen LogP contribution in [-0.4, -0.2) is 0 Å². The molecule has 0 fully saturated rings. The van der Waals surface area contributed by atoms with Gasteiger partial charge in [0.25, 0.3) is 0 Å². The minimum Gasteiger partial charge on any atom is -0.468 e. The van der Waals surface area contributed by atoms with Crippen molar-refractivity contribution in [3.8, 4) is 0 Å². The zero-order chi connectivity index (χ0) is 11.5. The number of hydrogen-bond donors (Lipinski definition) is 1. The summed E-state index contributed by atoms with van der Waals surface area (Å²) in [4.78, 5) is 0.885. The second kappa shape index (κ2) is 4.61. The van der Waals surface area contributed by atoms with Gasteiger partial charge in [0.2, 0.25) is 0 Å². The number of benzene rings is 1. The minimum absolute atomic E-state index is 0.264. The molecule has 0 unspecified atom stereocenters. The summed E-state index contributed by atoms with van der Waals surface area (Å²) in [6.07, 6.45) is 1.63. The largest absolute Gasteiger partial charge is 0.468 e. The van der Waals surface area contributed by atoms with E-state index in [1.165, 1.54) is 6.07 Å². The van der Waals surface area contributed by atoms with Crippen LogP contribution in [0.25, 0.3) is 0 Å². The van der Waals surface area contributed by atoms with Crippen LogP contribution >= 0.6 is 11.8 Å². The van der Waals surface area contributed by atoms with Crippen molar-refractivity contribution in [2.45, 2.75) is 17.6 Å². The van der Waals surface area contributed by atoms with E-state index in [0.717, 1.165) is 10.7 Å². The zero-order valence-corrected chi connectivity index (χ0v) is 9.68. The summed E-state index contributed by atoms with van der Waals surface area (Å²) in [6.45, 7) is 1.73. The van der Waals surface area contributed by atoms with E-state index in [1.54, 1.807) is 31.0 Å². The normalized spacial score (nSPS) is 10.6. The minimum atomic E-state index is -0.264. The fourth-order valence-electron chi connectivity index (χ4n) is 1.34. The summed E-state index contributed by atoms with van der Waals surface area (Å²) in [5, 5.41) is 0. The number of rotatable bonds is 3. The van der Waals surface area contributed by atoms with Gasteiger partial charge in [-0.05, 0) is 36.8 Å². The van der Waals surface area contributed by atoms with Gasteiger partial charge in [-0.2, -0.15) is 0 Å². The lowest BCUT2D eigenvalue weighted by Gasteiger charge is -2.06. The third-order valence-corrected chi connectivity index (χ3v) is 3.33. The van der Waals surface area contributed by atoms with Gasteiger partial charge < -0.3 is 10.2 Å². The lowest BCUT2D eigenvalue weighted by molar-refractivity contribution is 0.530. The van der Waals surface area contributed by atoms with Gasteiger partial charge in [0.05, 0.1) is 12.0 Å². The van der Waals surface area contributed by atoms with Gasteiger partial charge in [0.15, 0.2) is 0 Å². The van der Waals surface area contributed by atoms with Crippen LogP contribution in [0.5, 0.6) is 0 Å². The molecule has 0 aliphatic carbocycles. The first-order chi connectivity index (χ1) is 7.66. The van der Waals surface area contributed by atoms with E-state index in [1.807, 2.05) is 12.1 Å². The maximum absolute atomic E-state index is 13.2. The Hall–Kier alpha value is -1.42. The molecule has 0 aliphatic rings. The Bertz CT molecular complexity index is 482. The highest BCUT2D eigenvalue weighted by molar-refractivity contribution is 7.98. The predicted molar refractivity (Wildman–Crippen MR) is 63.8 cm³/mol. The molecule has 2 nitrogen and oxygen atoms in total. The molecule has 16 heavy (non-hydrogen) atoms. The smallest absolute Gasteiger partial charge is 0.128 e. The van der Waals surface area contributed by atoms with Crippen LogP contribution in [0.2, 0.25) is 0 Å². The monoisotopic (exact) mass is 237 g/mol. The molecule has 0 aliphatic heterocycles. The van der Waals surface area contributed by atoms with E-state index >= 15 is 0 Å². The highest BCUT2D eigenvalue weighted by Crippen LogP contribution is 2.30. The highest BCUT2D eigenvalue weighted by atomic mass is 32.2. The topological polar surface area (TPSA) is 39.2 Å². The molecule has 4 heteroatoms. The third kappa shape index (κ3) is 2.39. The van der Waals surface area contributed by atoms with Gasteiger partial charge in [-0.3, -0.25) is 0 Å². The van der Waals surface area contributed by atoms with Crippen molar-refractivity contribution in [1.29, 1.82) is 0 Å². The molecule has 1 aromatic heterocycles. The molecule has 0 saturated carbocycles. The number of aryl methyl sites for hydroxylation is 1. The van der Waals surface area contributed by atoms with E-state index in [-0.39, 0.29) is 5.82 Å². The van der Waals surface area contributed by atoms with Crippen molar-refractivity contribution >= 4 is 17.4 Å². The molecule has 0 radical (unpaired) electrons. The Kier molecular flexibility index (Phi) is 3.19. The third-order valence-electron chi connectivity index (χ3n) is 2.24. The summed E-state index contributed by atoms with van der Waals surface area (Å²) in [6, 6.07) is 6.87. The fraction of sp³-hybridized carbons (Fsp3) is 0.167. The van der Waals surface area contributed by atoms with E-state index in [0.29, 0.717) is 17.0 Å². The molecule has 2 aromatic rings. The molecule has 2 rings (SSSR count). The average Bonchev–Trinajstić information content (AvgIpc) is 2.74. The number of halogens is 1. The van der Waals surface area contributed by atoms with Crippen LogP contribution in [0.3, 0.4) is 0 Å². The van der Waals surface area contributed by atoms with Gasteiger partial charge in [-0.15, -0.1) is 11.8 Å².